The summed E-state index contributed by atoms with van der Waals surface area (Å²) in [7, 11) is 0. The number of hydrogen-bond donors (Lipinski definition) is 2. The molecule has 0 aliphatic carbocycles. The van der Waals surface area contributed by atoms with Crippen LogP contribution in [0.25, 0.3) is 10.2 Å². The fraction of sp³-hybridized carbons (Fsp3) is 0. The molecule has 5 nitrogen and oxygen atoms in total. The molecule has 0 fully saturated rings. The number of hydrogen-bond acceptors (Lipinski definition) is 5. The Morgan fingerprint density at radius 2 is 2.11 bits per heavy atom. The molecular formula is C13H9N3O2S. The van der Waals surface area contributed by atoms with Crippen LogP contribution in [0, 0.1) is 0 Å². The molecule has 0 spiro atoms. The van der Waals surface area contributed by atoms with Gasteiger partial charge in [0.2, 0.25) is 0 Å². The van der Waals surface area contributed by atoms with Gasteiger partial charge in [-0.15, -0.1) is 0 Å². The summed E-state index contributed by atoms with van der Waals surface area (Å²) in [6.07, 6.45) is 1.46. The van der Waals surface area contributed by atoms with E-state index in [-0.39, 0.29) is 5.69 Å². The molecule has 0 aliphatic rings. The van der Waals surface area contributed by atoms with Gasteiger partial charge in [-0.25, -0.2) is 14.8 Å². The van der Waals surface area contributed by atoms with Gasteiger partial charge in [0.25, 0.3) is 0 Å². The first-order chi connectivity index (χ1) is 9.22. The first-order valence-electron chi connectivity index (χ1n) is 5.54. The van der Waals surface area contributed by atoms with E-state index in [1.165, 1.54) is 23.6 Å². The van der Waals surface area contributed by atoms with E-state index in [2.05, 4.69) is 15.3 Å². The number of carboxylic acid groups (broad SMARTS) is 1. The van der Waals surface area contributed by atoms with Crippen molar-refractivity contribution in [3.05, 3.63) is 48.3 Å². The molecular weight excluding hydrogens is 262 g/mol. The zero-order valence-electron chi connectivity index (χ0n) is 9.70. The zero-order chi connectivity index (χ0) is 13.2. The molecule has 0 radical (unpaired) electrons. The first kappa shape index (κ1) is 11.6. The number of nitrogens with one attached hydrogen (secondary N) is 1. The Hall–Kier alpha value is -2.47. The molecule has 0 saturated heterocycles. The third kappa shape index (κ3) is 2.38. The standard InChI is InChI=1S/C13H9N3O2S/c17-12(18)10-7-8(5-6-14-10)15-13-16-9-3-1-2-4-11(9)19-13/h1-7H,(H,17,18)(H,14,15,16). The fourth-order valence-electron chi connectivity index (χ4n) is 1.67. The van der Waals surface area contributed by atoms with E-state index >= 15 is 0 Å². The van der Waals surface area contributed by atoms with Crippen LogP contribution in [0.2, 0.25) is 0 Å². The average Bonchev–Trinajstić information content (AvgIpc) is 2.81. The maximum Gasteiger partial charge on any atom is 0.354 e. The van der Waals surface area contributed by atoms with E-state index in [9.17, 15) is 4.79 Å². The molecule has 0 atom stereocenters. The van der Waals surface area contributed by atoms with Crippen LogP contribution in [0.5, 0.6) is 0 Å². The summed E-state index contributed by atoms with van der Waals surface area (Å²) in [5, 5.41) is 12.7. The van der Waals surface area contributed by atoms with E-state index in [0.29, 0.717) is 5.69 Å². The van der Waals surface area contributed by atoms with Gasteiger partial charge in [-0.1, -0.05) is 23.5 Å². The minimum atomic E-state index is -1.05. The van der Waals surface area contributed by atoms with Gasteiger partial charge in [0, 0.05) is 11.9 Å². The summed E-state index contributed by atoms with van der Waals surface area (Å²) >= 11 is 1.52. The summed E-state index contributed by atoms with van der Waals surface area (Å²) < 4.78 is 1.08. The third-order valence-electron chi connectivity index (χ3n) is 2.52. The molecule has 2 N–H and O–H groups in total. The highest BCUT2D eigenvalue weighted by atomic mass is 32.1. The van der Waals surface area contributed by atoms with Gasteiger partial charge in [-0.3, -0.25) is 0 Å². The number of aromatic carboxylic acids is 1. The number of para-hydroxylation sites is 1. The van der Waals surface area contributed by atoms with E-state index in [4.69, 9.17) is 5.11 Å². The van der Waals surface area contributed by atoms with Crippen molar-refractivity contribution in [2.75, 3.05) is 5.32 Å². The maximum atomic E-state index is 10.8. The second-order valence-electron chi connectivity index (χ2n) is 3.85. The van der Waals surface area contributed by atoms with Crippen molar-refractivity contribution in [3.8, 4) is 0 Å². The highest BCUT2D eigenvalue weighted by Crippen LogP contribution is 2.27. The Bertz CT molecular complexity index is 721. The van der Waals surface area contributed by atoms with Gasteiger partial charge < -0.3 is 10.4 Å². The number of fused-ring (bicyclic) bond motifs is 1. The lowest BCUT2D eigenvalue weighted by molar-refractivity contribution is 0.0690. The summed E-state index contributed by atoms with van der Waals surface area (Å²) in [5.74, 6) is -1.05. The number of thiazole rings is 1. The van der Waals surface area contributed by atoms with Crippen LogP contribution in [-0.2, 0) is 0 Å². The molecule has 0 bridgehead atoms. The Labute approximate surface area is 112 Å². The van der Waals surface area contributed by atoms with Crippen molar-refractivity contribution < 1.29 is 9.90 Å². The number of carboxylic acids is 1. The van der Waals surface area contributed by atoms with Crippen molar-refractivity contribution in [2.45, 2.75) is 0 Å². The molecule has 3 aromatic rings. The van der Waals surface area contributed by atoms with Crippen molar-refractivity contribution in [3.63, 3.8) is 0 Å². The lowest BCUT2D eigenvalue weighted by Gasteiger charge is -2.02. The quantitative estimate of drug-likeness (QED) is 0.765. The molecule has 0 aliphatic heterocycles. The zero-order valence-corrected chi connectivity index (χ0v) is 10.5. The van der Waals surface area contributed by atoms with Crippen molar-refractivity contribution in [2.24, 2.45) is 0 Å². The Balaban J connectivity index is 1.92. The second-order valence-corrected chi connectivity index (χ2v) is 4.88. The number of anilines is 2. The van der Waals surface area contributed by atoms with Gasteiger partial charge in [0.1, 0.15) is 5.69 Å². The van der Waals surface area contributed by atoms with Crippen LogP contribution < -0.4 is 5.32 Å². The van der Waals surface area contributed by atoms with Crippen LogP contribution in [0.15, 0.2) is 42.6 Å². The van der Waals surface area contributed by atoms with Gasteiger partial charge in [-0.05, 0) is 24.3 Å². The van der Waals surface area contributed by atoms with Crippen LogP contribution in [0.4, 0.5) is 10.8 Å². The number of pyridine rings is 1. The maximum absolute atomic E-state index is 10.8. The van der Waals surface area contributed by atoms with Crippen LogP contribution >= 0.6 is 11.3 Å². The average molecular weight is 271 g/mol. The van der Waals surface area contributed by atoms with E-state index in [0.717, 1.165) is 15.3 Å². The van der Waals surface area contributed by atoms with Gasteiger partial charge >= 0.3 is 5.97 Å². The van der Waals surface area contributed by atoms with Crippen molar-refractivity contribution in [1.82, 2.24) is 9.97 Å². The SMILES string of the molecule is O=C(O)c1cc(Nc2nc3ccccc3s2)ccn1. The van der Waals surface area contributed by atoms with E-state index in [1.54, 1.807) is 6.07 Å². The van der Waals surface area contributed by atoms with Crippen molar-refractivity contribution in [1.29, 1.82) is 0 Å². The summed E-state index contributed by atoms with van der Waals surface area (Å²) in [5.41, 5.74) is 1.58. The molecule has 6 heteroatoms. The Morgan fingerprint density at radius 1 is 1.26 bits per heavy atom. The smallest absolute Gasteiger partial charge is 0.354 e. The van der Waals surface area contributed by atoms with Gasteiger partial charge in [0.05, 0.1) is 10.2 Å². The largest absolute Gasteiger partial charge is 0.477 e. The molecule has 0 amide bonds. The second kappa shape index (κ2) is 4.66. The summed E-state index contributed by atoms with van der Waals surface area (Å²) in [6, 6.07) is 11.0. The molecule has 1 aromatic carbocycles. The van der Waals surface area contributed by atoms with Crippen LogP contribution in [-0.4, -0.2) is 21.0 Å². The predicted octanol–water partition coefficient (Wildman–Crippen LogP) is 3.13. The third-order valence-corrected chi connectivity index (χ3v) is 3.48. The minimum Gasteiger partial charge on any atom is -0.477 e. The molecule has 3 rings (SSSR count). The normalized spacial score (nSPS) is 10.5. The lowest BCUT2D eigenvalue weighted by atomic mass is 10.3. The number of aromatic nitrogens is 2. The topological polar surface area (TPSA) is 75.1 Å². The van der Waals surface area contributed by atoms with E-state index in [1.807, 2.05) is 24.3 Å². The highest BCUT2D eigenvalue weighted by Gasteiger charge is 2.07. The number of rotatable bonds is 3. The summed E-state index contributed by atoms with van der Waals surface area (Å²) in [4.78, 5) is 19.0. The molecule has 94 valence electrons. The van der Waals surface area contributed by atoms with Gasteiger partial charge in [0.15, 0.2) is 5.13 Å². The van der Waals surface area contributed by atoms with E-state index < -0.39 is 5.97 Å². The Morgan fingerprint density at radius 3 is 2.89 bits per heavy atom. The monoisotopic (exact) mass is 271 g/mol. The number of benzene rings is 1. The predicted molar refractivity (Wildman–Crippen MR) is 74.1 cm³/mol. The molecule has 19 heavy (non-hydrogen) atoms. The van der Waals surface area contributed by atoms with Gasteiger partial charge in [-0.2, -0.15) is 0 Å². The molecule has 0 unspecified atom stereocenters. The first-order valence-corrected chi connectivity index (χ1v) is 6.36. The highest BCUT2D eigenvalue weighted by molar-refractivity contribution is 7.22. The van der Waals surface area contributed by atoms with Crippen LogP contribution in [0.3, 0.4) is 0 Å². The lowest BCUT2D eigenvalue weighted by Crippen LogP contribution is -2.00. The minimum absolute atomic E-state index is 0.00566. The fourth-order valence-corrected chi connectivity index (χ4v) is 2.56. The number of nitrogens with zero attached hydrogens (tertiary/aromatic N) is 2. The number of carbonyl (C=O) groups is 1. The van der Waals surface area contributed by atoms with Crippen LogP contribution in [0.1, 0.15) is 10.5 Å². The molecule has 0 saturated carbocycles. The molecule has 2 aromatic heterocycles. The molecule has 2 heterocycles. The van der Waals surface area contributed by atoms with Crippen molar-refractivity contribution >= 4 is 38.3 Å². The Kier molecular flexibility index (Phi) is 2.85. The summed E-state index contributed by atoms with van der Waals surface area (Å²) in [6.45, 7) is 0.